The number of nitro benzene ring substituents is 1. The van der Waals surface area contributed by atoms with Gasteiger partial charge in [0.25, 0.3) is 5.69 Å². The standard InChI is InChI=1S/C19H22FN5O3/c1-24(2)18(26)13-23-19(22-12-15-5-3-4-6-17(15)20)21-11-14-7-9-16(10-8-14)25(27)28/h3-10H,11-13H2,1-2H3,(H2,21,22,23). The summed E-state index contributed by atoms with van der Waals surface area (Å²) in [6.07, 6.45) is 0. The molecule has 0 unspecified atom stereocenters. The van der Waals surface area contributed by atoms with Crippen LogP contribution in [0, 0.1) is 15.9 Å². The van der Waals surface area contributed by atoms with Gasteiger partial charge in [0, 0.05) is 38.3 Å². The van der Waals surface area contributed by atoms with Crippen LogP contribution in [0.25, 0.3) is 0 Å². The summed E-state index contributed by atoms with van der Waals surface area (Å²) in [5.74, 6) is -0.151. The molecule has 0 radical (unpaired) electrons. The fourth-order valence-corrected chi connectivity index (χ4v) is 2.21. The Bertz CT molecular complexity index is 853. The highest BCUT2D eigenvalue weighted by Gasteiger charge is 2.08. The van der Waals surface area contributed by atoms with Crippen LogP contribution in [0.4, 0.5) is 10.1 Å². The molecule has 148 valence electrons. The van der Waals surface area contributed by atoms with Gasteiger partial charge in [0.15, 0.2) is 5.96 Å². The van der Waals surface area contributed by atoms with Crippen molar-refractivity contribution in [2.45, 2.75) is 13.1 Å². The Labute approximate surface area is 162 Å². The molecule has 0 aromatic heterocycles. The maximum atomic E-state index is 13.8. The van der Waals surface area contributed by atoms with Crippen LogP contribution in [-0.2, 0) is 17.9 Å². The second kappa shape index (κ2) is 10.0. The van der Waals surface area contributed by atoms with Crippen LogP contribution in [0.15, 0.2) is 53.5 Å². The topological polar surface area (TPSA) is 99.9 Å². The molecule has 0 aliphatic heterocycles. The Balaban J connectivity index is 2.07. The van der Waals surface area contributed by atoms with Crippen LogP contribution < -0.4 is 10.6 Å². The van der Waals surface area contributed by atoms with Gasteiger partial charge >= 0.3 is 0 Å². The fraction of sp³-hybridized carbons (Fsp3) is 0.263. The predicted octanol–water partition coefficient (Wildman–Crippen LogP) is 2.06. The minimum atomic E-state index is -0.469. The molecule has 28 heavy (non-hydrogen) atoms. The van der Waals surface area contributed by atoms with E-state index in [4.69, 9.17) is 0 Å². The number of nitrogens with zero attached hydrogens (tertiary/aromatic N) is 3. The normalized spacial score (nSPS) is 11.0. The van der Waals surface area contributed by atoms with E-state index in [1.807, 2.05) is 0 Å². The van der Waals surface area contributed by atoms with Gasteiger partial charge in [-0.1, -0.05) is 30.3 Å². The number of hydrogen-bond acceptors (Lipinski definition) is 4. The molecule has 2 aromatic rings. The molecule has 0 aliphatic carbocycles. The fourth-order valence-electron chi connectivity index (χ4n) is 2.21. The van der Waals surface area contributed by atoms with Crippen molar-refractivity contribution in [1.82, 2.24) is 15.5 Å². The summed E-state index contributed by atoms with van der Waals surface area (Å²) < 4.78 is 13.8. The predicted molar refractivity (Wildman–Crippen MR) is 104 cm³/mol. The molecule has 0 atom stereocenters. The maximum Gasteiger partial charge on any atom is 0.269 e. The van der Waals surface area contributed by atoms with Gasteiger partial charge in [0.2, 0.25) is 5.91 Å². The summed E-state index contributed by atoms with van der Waals surface area (Å²) in [6, 6.07) is 12.4. The third-order valence-electron chi connectivity index (χ3n) is 3.88. The van der Waals surface area contributed by atoms with Crippen LogP contribution >= 0.6 is 0 Å². The number of carbonyl (C=O) groups is 1. The van der Waals surface area contributed by atoms with Gasteiger partial charge in [-0.3, -0.25) is 14.9 Å². The van der Waals surface area contributed by atoms with Gasteiger partial charge in [-0.15, -0.1) is 0 Å². The van der Waals surface area contributed by atoms with E-state index in [1.165, 1.54) is 23.1 Å². The number of non-ortho nitro benzene ring substituents is 1. The van der Waals surface area contributed by atoms with E-state index in [9.17, 15) is 19.3 Å². The zero-order chi connectivity index (χ0) is 20.5. The minimum absolute atomic E-state index is 0.000311. The Kier molecular flexibility index (Phi) is 7.44. The van der Waals surface area contributed by atoms with E-state index in [-0.39, 0.29) is 37.0 Å². The number of rotatable bonds is 7. The molecule has 0 saturated heterocycles. The van der Waals surface area contributed by atoms with Gasteiger partial charge in [-0.05, 0) is 11.6 Å². The minimum Gasteiger partial charge on any atom is -0.352 e. The Morgan fingerprint density at radius 1 is 1.14 bits per heavy atom. The summed E-state index contributed by atoms with van der Waals surface area (Å²) in [6.45, 7) is 0.450. The first-order valence-electron chi connectivity index (χ1n) is 8.56. The second-order valence-electron chi connectivity index (χ2n) is 6.18. The molecule has 0 bridgehead atoms. The quantitative estimate of drug-likeness (QED) is 0.328. The van der Waals surface area contributed by atoms with Crippen molar-refractivity contribution in [3.8, 4) is 0 Å². The SMILES string of the molecule is CN(C)C(=O)CNC(=NCc1ccc([N+](=O)[O-])cc1)NCc1ccccc1F. The van der Waals surface area contributed by atoms with E-state index in [2.05, 4.69) is 15.6 Å². The van der Waals surface area contributed by atoms with Crippen LogP contribution in [0.3, 0.4) is 0 Å². The first kappa shape index (κ1) is 20.8. The molecular formula is C19H22FN5O3. The van der Waals surface area contributed by atoms with Crippen molar-refractivity contribution in [1.29, 1.82) is 0 Å². The summed E-state index contributed by atoms with van der Waals surface area (Å²) in [7, 11) is 3.29. The van der Waals surface area contributed by atoms with E-state index in [0.717, 1.165) is 5.56 Å². The largest absolute Gasteiger partial charge is 0.352 e. The number of likely N-dealkylation sites (N-methyl/N-ethyl adjacent to an activating group) is 1. The average molecular weight is 387 g/mol. The number of benzene rings is 2. The molecule has 8 nitrogen and oxygen atoms in total. The lowest BCUT2D eigenvalue weighted by Gasteiger charge is -2.15. The van der Waals surface area contributed by atoms with Crippen LogP contribution in [0.2, 0.25) is 0 Å². The van der Waals surface area contributed by atoms with Crippen molar-refractivity contribution in [2.24, 2.45) is 4.99 Å². The summed E-state index contributed by atoms with van der Waals surface area (Å²) >= 11 is 0. The molecule has 0 fully saturated rings. The molecule has 2 aromatic carbocycles. The molecule has 0 saturated carbocycles. The van der Waals surface area contributed by atoms with Crippen molar-refractivity contribution in [2.75, 3.05) is 20.6 Å². The third-order valence-corrected chi connectivity index (χ3v) is 3.88. The summed E-state index contributed by atoms with van der Waals surface area (Å²) in [5.41, 5.74) is 1.23. The Hall–Kier alpha value is -3.49. The monoisotopic (exact) mass is 387 g/mol. The lowest BCUT2D eigenvalue weighted by molar-refractivity contribution is -0.384. The van der Waals surface area contributed by atoms with Crippen molar-refractivity contribution in [3.63, 3.8) is 0 Å². The Morgan fingerprint density at radius 3 is 2.43 bits per heavy atom. The number of aliphatic imine (C=N–C) groups is 1. The van der Waals surface area contributed by atoms with Gasteiger partial charge < -0.3 is 15.5 Å². The smallest absolute Gasteiger partial charge is 0.269 e. The maximum absolute atomic E-state index is 13.8. The highest BCUT2D eigenvalue weighted by molar-refractivity contribution is 5.86. The number of nitrogens with one attached hydrogen (secondary N) is 2. The van der Waals surface area contributed by atoms with Crippen LogP contribution in [-0.4, -0.2) is 42.3 Å². The molecule has 0 heterocycles. The van der Waals surface area contributed by atoms with Gasteiger partial charge in [-0.25, -0.2) is 9.38 Å². The number of guanidine groups is 1. The van der Waals surface area contributed by atoms with E-state index < -0.39 is 4.92 Å². The molecule has 0 aliphatic rings. The zero-order valence-electron chi connectivity index (χ0n) is 15.7. The molecular weight excluding hydrogens is 365 g/mol. The van der Waals surface area contributed by atoms with Gasteiger partial charge in [0.05, 0.1) is 18.0 Å². The molecule has 2 N–H and O–H groups in total. The number of carbonyl (C=O) groups excluding carboxylic acids is 1. The molecule has 0 spiro atoms. The molecule has 9 heteroatoms. The lowest BCUT2D eigenvalue weighted by Crippen LogP contribution is -2.42. The lowest BCUT2D eigenvalue weighted by atomic mass is 10.2. The van der Waals surface area contributed by atoms with Crippen molar-refractivity contribution < 1.29 is 14.1 Å². The molecule has 2 rings (SSSR count). The highest BCUT2D eigenvalue weighted by Crippen LogP contribution is 2.12. The second-order valence-corrected chi connectivity index (χ2v) is 6.18. The van der Waals surface area contributed by atoms with Crippen molar-refractivity contribution in [3.05, 3.63) is 75.6 Å². The van der Waals surface area contributed by atoms with E-state index in [1.54, 1.807) is 44.4 Å². The average Bonchev–Trinajstić information content (AvgIpc) is 2.68. The first-order chi connectivity index (χ1) is 13.4. The zero-order valence-corrected chi connectivity index (χ0v) is 15.7. The third kappa shape index (κ3) is 6.35. The number of hydrogen-bond donors (Lipinski definition) is 2. The van der Waals surface area contributed by atoms with Crippen LogP contribution in [0.5, 0.6) is 0 Å². The number of amides is 1. The van der Waals surface area contributed by atoms with Gasteiger partial charge in [0.1, 0.15) is 5.82 Å². The summed E-state index contributed by atoms with van der Waals surface area (Å²) in [5, 5.41) is 16.6. The van der Waals surface area contributed by atoms with E-state index >= 15 is 0 Å². The summed E-state index contributed by atoms with van der Waals surface area (Å²) in [4.78, 5) is 27.9. The van der Waals surface area contributed by atoms with E-state index in [0.29, 0.717) is 11.5 Å². The molecule has 1 amide bonds. The van der Waals surface area contributed by atoms with Crippen molar-refractivity contribution >= 4 is 17.6 Å². The number of halogens is 1. The highest BCUT2D eigenvalue weighted by atomic mass is 19.1. The number of nitro groups is 1. The Morgan fingerprint density at radius 2 is 1.82 bits per heavy atom. The van der Waals surface area contributed by atoms with Crippen LogP contribution in [0.1, 0.15) is 11.1 Å². The first-order valence-corrected chi connectivity index (χ1v) is 8.56. The van der Waals surface area contributed by atoms with Gasteiger partial charge in [-0.2, -0.15) is 0 Å².